The molecule has 0 saturated carbocycles. The summed E-state index contributed by atoms with van der Waals surface area (Å²) in [5.41, 5.74) is 0.658. The van der Waals surface area contributed by atoms with Gasteiger partial charge in [0.2, 0.25) is 0 Å². The van der Waals surface area contributed by atoms with Gasteiger partial charge in [0.25, 0.3) is 0 Å². The van der Waals surface area contributed by atoms with Crippen LogP contribution in [0.3, 0.4) is 0 Å². The van der Waals surface area contributed by atoms with Crippen molar-refractivity contribution in [3.63, 3.8) is 0 Å². The summed E-state index contributed by atoms with van der Waals surface area (Å²) in [6.07, 6.45) is 0. The molecule has 1 aromatic heterocycles. The van der Waals surface area contributed by atoms with Crippen LogP contribution in [0.5, 0.6) is 5.75 Å². The Hall–Kier alpha value is -1.32. The van der Waals surface area contributed by atoms with Crippen LogP contribution in [0.25, 0.3) is 0 Å². The normalized spacial score (nSPS) is 14.8. The summed E-state index contributed by atoms with van der Waals surface area (Å²) in [5, 5.41) is 23.4. The first-order valence-corrected chi connectivity index (χ1v) is 5.59. The van der Waals surface area contributed by atoms with Crippen molar-refractivity contribution < 1.29 is 10.2 Å². The van der Waals surface area contributed by atoms with Crippen LogP contribution in [-0.2, 0) is 5.60 Å². The van der Waals surface area contributed by atoms with E-state index >= 15 is 0 Å². The molecule has 2 rings (SSSR count). The molecule has 0 spiro atoms. The number of hydrogen-bond donors (Lipinski definition) is 2. The summed E-state index contributed by atoms with van der Waals surface area (Å²) >= 11 is 1.55. The second-order valence-corrected chi connectivity index (χ2v) is 4.41. The number of aliphatic hydroxyl groups is 1. The molecule has 0 fully saturated rings. The monoisotopic (exact) mass is 220 g/mol. The van der Waals surface area contributed by atoms with E-state index in [1.54, 1.807) is 42.5 Å². The summed E-state index contributed by atoms with van der Waals surface area (Å²) in [6.45, 7) is 1.75. The zero-order chi connectivity index (χ0) is 10.9. The molecule has 2 nitrogen and oxygen atoms in total. The van der Waals surface area contributed by atoms with Gasteiger partial charge in [-0.25, -0.2) is 0 Å². The van der Waals surface area contributed by atoms with Gasteiger partial charge in [0.15, 0.2) is 0 Å². The van der Waals surface area contributed by atoms with E-state index in [9.17, 15) is 10.2 Å². The van der Waals surface area contributed by atoms with Gasteiger partial charge in [-0.1, -0.05) is 12.1 Å². The number of benzene rings is 1. The van der Waals surface area contributed by atoms with Gasteiger partial charge in [0.1, 0.15) is 11.4 Å². The van der Waals surface area contributed by atoms with Crippen molar-refractivity contribution in [1.29, 1.82) is 0 Å². The highest BCUT2D eigenvalue weighted by Gasteiger charge is 2.25. The van der Waals surface area contributed by atoms with Crippen molar-refractivity contribution in [2.75, 3.05) is 0 Å². The van der Waals surface area contributed by atoms with Gasteiger partial charge in [0.05, 0.1) is 0 Å². The van der Waals surface area contributed by atoms with Crippen molar-refractivity contribution in [2.45, 2.75) is 12.5 Å². The van der Waals surface area contributed by atoms with E-state index in [4.69, 9.17) is 0 Å². The predicted octanol–water partition coefficient (Wildman–Crippen LogP) is 2.71. The Morgan fingerprint density at radius 1 is 1.07 bits per heavy atom. The van der Waals surface area contributed by atoms with Crippen LogP contribution in [-0.4, -0.2) is 10.2 Å². The fourth-order valence-corrected chi connectivity index (χ4v) is 2.25. The maximum absolute atomic E-state index is 10.4. The van der Waals surface area contributed by atoms with Crippen molar-refractivity contribution in [3.8, 4) is 5.75 Å². The maximum Gasteiger partial charge on any atom is 0.115 e. The lowest BCUT2D eigenvalue weighted by atomic mass is 9.90. The standard InChI is InChI=1S/C12H12O2S/c1-12(14,10-6-7-15-8-10)9-2-4-11(13)5-3-9/h2-8,13-14H,1H3. The Morgan fingerprint density at radius 3 is 2.27 bits per heavy atom. The Morgan fingerprint density at radius 2 is 1.73 bits per heavy atom. The lowest BCUT2D eigenvalue weighted by molar-refractivity contribution is 0.103. The van der Waals surface area contributed by atoms with E-state index in [2.05, 4.69) is 0 Å². The number of phenols is 1. The molecule has 0 saturated heterocycles. The third-order valence-corrected chi connectivity index (χ3v) is 3.20. The predicted molar refractivity (Wildman–Crippen MR) is 61.1 cm³/mol. The average molecular weight is 220 g/mol. The van der Waals surface area contributed by atoms with Crippen molar-refractivity contribution in [1.82, 2.24) is 0 Å². The molecule has 1 aromatic carbocycles. The second kappa shape index (κ2) is 3.68. The zero-order valence-corrected chi connectivity index (χ0v) is 9.16. The first-order chi connectivity index (χ1) is 7.10. The van der Waals surface area contributed by atoms with Gasteiger partial charge in [-0.05, 0) is 47.0 Å². The fraction of sp³-hybridized carbons (Fsp3) is 0.167. The van der Waals surface area contributed by atoms with Gasteiger partial charge >= 0.3 is 0 Å². The highest BCUT2D eigenvalue weighted by Crippen LogP contribution is 2.31. The van der Waals surface area contributed by atoms with E-state index in [0.29, 0.717) is 0 Å². The number of hydrogen-bond acceptors (Lipinski definition) is 3. The Kier molecular flexibility index (Phi) is 2.50. The summed E-state index contributed by atoms with van der Waals surface area (Å²) in [4.78, 5) is 0. The van der Waals surface area contributed by atoms with Gasteiger partial charge in [-0.3, -0.25) is 0 Å². The van der Waals surface area contributed by atoms with Crippen LogP contribution in [0.4, 0.5) is 0 Å². The molecule has 15 heavy (non-hydrogen) atoms. The van der Waals surface area contributed by atoms with Gasteiger partial charge in [-0.15, -0.1) is 0 Å². The van der Waals surface area contributed by atoms with Crippen LogP contribution in [0.1, 0.15) is 18.1 Å². The van der Waals surface area contributed by atoms with Crippen molar-refractivity contribution in [2.24, 2.45) is 0 Å². The Labute approximate surface area is 92.4 Å². The average Bonchev–Trinajstić information content (AvgIpc) is 2.71. The van der Waals surface area contributed by atoms with E-state index in [-0.39, 0.29) is 5.75 Å². The van der Waals surface area contributed by atoms with Crippen LogP contribution in [0, 0.1) is 0 Å². The summed E-state index contributed by atoms with van der Waals surface area (Å²) in [6, 6.07) is 8.52. The molecule has 0 radical (unpaired) electrons. The number of rotatable bonds is 2. The van der Waals surface area contributed by atoms with Gasteiger partial charge < -0.3 is 10.2 Å². The Bertz CT molecular complexity index is 429. The molecule has 0 amide bonds. The smallest absolute Gasteiger partial charge is 0.115 e. The lowest BCUT2D eigenvalue weighted by Gasteiger charge is -2.22. The van der Waals surface area contributed by atoms with Crippen molar-refractivity contribution >= 4 is 11.3 Å². The van der Waals surface area contributed by atoms with Gasteiger partial charge in [-0.2, -0.15) is 11.3 Å². The highest BCUT2D eigenvalue weighted by atomic mass is 32.1. The summed E-state index contributed by atoms with van der Waals surface area (Å²) < 4.78 is 0. The first kappa shape index (κ1) is 10.2. The Balaban J connectivity index is 2.41. The molecule has 0 aliphatic heterocycles. The van der Waals surface area contributed by atoms with Crippen LogP contribution < -0.4 is 0 Å². The maximum atomic E-state index is 10.4. The molecule has 0 aliphatic rings. The molecule has 2 N–H and O–H groups in total. The minimum atomic E-state index is -0.992. The van der Waals surface area contributed by atoms with E-state index < -0.39 is 5.60 Å². The van der Waals surface area contributed by atoms with Crippen molar-refractivity contribution in [3.05, 3.63) is 52.2 Å². The number of thiophene rings is 1. The molecular formula is C12H12O2S. The third kappa shape index (κ3) is 1.89. The highest BCUT2D eigenvalue weighted by molar-refractivity contribution is 7.08. The molecule has 1 atom stereocenters. The minimum Gasteiger partial charge on any atom is -0.508 e. The topological polar surface area (TPSA) is 40.5 Å². The molecule has 0 aliphatic carbocycles. The molecular weight excluding hydrogens is 208 g/mol. The minimum absolute atomic E-state index is 0.208. The fourth-order valence-electron chi connectivity index (χ4n) is 1.49. The number of phenolic OH excluding ortho intramolecular Hbond substituents is 1. The molecule has 1 unspecified atom stereocenters. The second-order valence-electron chi connectivity index (χ2n) is 3.63. The molecule has 78 valence electrons. The third-order valence-electron chi connectivity index (χ3n) is 2.51. The quantitative estimate of drug-likeness (QED) is 0.817. The zero-order valence-electron chi connectivity index (χ0n) is 8.34. The first-order valence-electron chi connectivity index (χ1n) is 4.65. The molecule has 2 aromatic rings. The SMILES string of the molecule is CC(O)(c1ccc(O)cc1)c1ccsc1. The van der Waals surface area contributed by atoms with Crippen LogP contribution in [0.15, 0.2) is 41.1 Å². The van der Waals surface area contributed by atoms with E-state index in [1.165, 1.54) is 0 Å². The van der Waals surface area contributed by atoms with Crippen LogP contribution >= 0.6 is 11.3 Å². The van der Waals surface area contributed by atoms with E-state index in [1.807, 2.05) is 16.8 Å². The molecule has 1 heterocycles. The number of aromatic hydroxyl groups is 1. The lowest BCUT2D eigenvalue weighted by Crippen LogP contribution is -2.21. The summed E-state index contributed by atoms with van der Waals surface area (Å²) in [7, 11) is 0. The van der Waals surface area contributed by atoms with E-state index in [0.717, 1.165) is 11.1 Å². The van der Waals surface area contributed by atoms with Gasteiger partial charge in [0, 0.05) is 0 Å². The largest absolute Gasteiger partial charge is 0.508 e. The molecule has 3 heteroatoms. The van der Waals surface area contributed by atoms with Crippen LogP contribution in [0.2, 0.25) is 0 Å². The molecule has 0 bridgehead atoms. The summed E-state index contributed by atoms with van der Waals surface area (Å²) in [5.74, 6) is 0.208.